The second-order valence-corrected chi connectivity index (χ2v) is 6.03. The van der Waals surface area contributed by atoms with Crippen LogP contribution >= 0.6 is 0 Å². The fourth-order valence-corrected chi connectivity index (χ4v) is 2.70. The van der Waals surface area contributed by atoms with Crippen molar-refractivity contribution in [3.8, 4) is 0 Å². The molecule has 0 aromatic heterocycles. The molecule has 1 aliphatic rings. The first kappa shape index (κ1) is 20.2. The van der Waals surface area contributed by atoms with E-state index in [1.807, 2.05) is 6.92 Å². The molecule has 1 aliphatic heterocycles. The van der Waals surface area contributed by atoms with Gasteiger partial charge < -0.3 is 25.4 Å². The quantitative estimate of drug-likeness (QED) is 0.587. The summed E-state index contributed by atoms with van der Waals surface area (Å²) >= 11 is 0. The maximum atomic E-state index is 12.4. The first-order chi connectivity index (χ1) is 12.6. The molecule has 144 valence electrons. The van der Waals surface area contributed by atoms with Gasteiger partial charge in [0.15, 0.2) is 0 Å². The zero-order valence-electron chi connectivity index (χ0n) is 15.2. The molecular formula is C18H28N4O4. The van der Waals surface area contributed by atoms with E-state index < -0.39 is 0 Å². The van der Waals surface area contributed by atoms with Crippen LogP contribution in [0.15, 0.2) is 24.3 Å². The molecule has 26 heavy (non-hydrogen) atoms. The monoisotopic (exact) mass is 364 g/mol. The molecule has 1 fully saturated rings. The van der Waals surface area contributed by atoms with E-state index in [9.17, 15) is 9.59 Å². The molecule has 0 spiro atoms. The van der Waals surface area contributed by atoms with Crippen molar-refractivity contribution < 1.29 is 19.4 Å². The highest BCUT2D eigenvalue weighted by Crippen LogP contribution is 2.11. The van der Waals surface area contributed by atoms with Crippen LogP contribution in [-0.4, -0.2) is 85.9 Å². The van der Waals surface area contributed by atoms with Crippen LogP contribution in [0.4, 0.5) is 10.5 Å². The van der Waals surface area contributed by atoms with Crippen LogP contribution in [0.25, 0.3) is 0 Å². The summed E-state index contributed by atoms with van der Waals surface area (Å²) < 4.78 is 5.27. The van der Waals surface area contributed by atoms with Gasteiger partial charge in [0.1, 0.15) is 0 Å². The summed E-state index contributed by atoms with van der Waals surface area (Å²) in [5.41, 5.74) is 1.24. The van der Waals surface area contributed by atoms with Crippen LogP contribution in [0.2, 0.25) is 0 Å². The Morgan fingerprint density at radius 2 is 1.81 bits per heavy atom. The molecule has 0 saturated carbocycles. The number of aliphatic hydroxyl groups is 1. The topological polar surface area (TPSA) is 94.1 Å². The molecule has 8 nitrogen and oxygen atoms in total. The van der Waals surface area contributed by atoms with Gasteiger partial charge >= 0.3 is 6.03 Å². The number of rotatable bonds is 8. The number of nitrogens with one attached hydrogen (secondary N) is 2. The van der Waals surface area contributed by atoms with Gasteiger partial charge in [-0.1, -0.05) is 0 Å². The molecular weight excluding hydrogens is 336 g/mol. The number of benzene rings is 1. The lowest BCUT2D eigenvalue weighted by Crippen LogP contribution is -2.50. The minimum absolute atomic E-state index is 0.0399. The third-order valence-electron chi connectivity index (χ3n) is 4.18. The van der Waals surface area contributed by atoms with E-state index in [1.165, 1.54) is 0 Å². The van der Waals surface area contributed by atoms with Gasteiger partial charge in [0.25, 0.3) is 5.91 Å². The summed E-state index contributed by atoms with van der Waals surface area (Å²) in [6.07, 6.45) is 0. The number of piperazine rings is 1. The average Bonchev–Trinajstić information content (AvgIpc) is 2.66. The molecule has 1 aromatic rings. The van der Waals surface area contributed by atoms with Gasteiger partial charge in [0.2, 0.25) is 0 Å². The minimum atomic E-state index is -0.132. The van der Waals surface area contributed by atoms with Crippen LogP contribution in [-0.2, 0) is 4.74 Å². The fraction of sp³-hybridized carbons (Fsp3) is 0.556. The lowest BCUT2D eigenvalue weighted by molar-refractivity contribution is 0.0627. The number of nitrogens with zero attached hydrogens (tertiary/aromatic N) is 2. The van der Waals surface area contributed by atoms with Crippen LogP contribution in [0.3, 0.4) is 0 Å². The summed E-state index contributed by atoms with van der Waals surface area (Å²) in [7, 11) is 0. The predicted molar refractivity (Wildman–Crippen MR) is 99.4 cm³/mol. The third kappa shape index (κ3) is 6.29. The van der Waals surface area contributed by atoms with Gasteiger partial charge in [-0.25, -0.2) is 4.79 Å². The van der Waals surface area contributed by atoms with E-state index in [0.29, 0.717) is 44.1 Å². The second-order valence-electron chi connectivity index (χ2n) is 6.03. The number of aliphatic hydroxyl groups excluding tert-OH is 1. The number of ether oxygens (including phenoxy) is 1. The summed E-state index contributed by atoms with van der Waals surface area (Å²) in [4.78, 5) is 28.1. The predicted octanol–water partition coefficient (Wildman–Crippen LogP) is 0.595. The Balaban J connectivity index is 1.74. The van der Waals surface area contributed by atoms with Crippen LogP contribution < -0.4 is 10.6 Å². The summed E-state index contributed by atoms with van der Waals surface area (Å²) in [6, 6.07) is 6.73. The Bertz CT molecular complexity index is 571. The molecule has 1 heterocycles. The highest BCUT2D eigenvalue weighted by atomic mass is 16.5. The van der Waals surface area contributed by atoms with Crippen molar-refractivity contribution in [2.24, 2.45) is 0 Å². The molecule has 0 bridgehead atoms. The molecule has 2 rings (SSSR count). The third-order valence-corrected chi connectivity index (χ3v) is 4.18. The van der Waals surface area contributed by atoms with E-state index in [1.54, 1.807) is 29.2 Å². The first-order valence-corrected chi connectivity index (χ1v) is 8.99. The van der Waals surface area contributed by atoms with Crippen molar-refractivity contribution in [3.05, 3.63) is 29.8 Å². The van der Waals surface area contributed by atoms with Gasteiger partial charge in [-0.3, -0.25) is 9.69 Å². The first-order valence-electron chi connectivity index (χ1n) is 8.99. The van der Waals surface area contributed by atoms with Crippen molar-refractivity contribution >= 4 is 17.6 Å². The van der Waals surface area contributed by atoms with Crippen LogP contribution in [0.5, 0.6) is 0 Å². The van der Waals surface area contributed by atoms with Gasteiger partial charge in [0, 0.05) is 50.5 Å². The Morgan fingerprint density at radius 3 is 2.42 bits per heavy atom. The number of carbonyl (C=O) groups is 2. The zero-order valence-corrected chi connectivity index (χ0v) is 15.2. The molecule has 0 aliphatic carbocycles. The lowest BCUT2D eigenvalue weighted by Gasteiger charge is -2.34. The van der Waals surface area contributed by atoms with Crippen molar-refractivity contribution in [1.29, 1.82) is 0 Å². The number of carbonyl (C=O) groups excluding carboxylic acids is 2. The summed E-state index contributed by atoms with van der Waals surface area (Å²) in [6.45, 7) is 7.15. The number of hydrogen-bond donors (Lipinski definition) is 3. The van der Waals surface area contributed by atoms with E-state index in [0.717, 1.165) is 19.6 Å². The maximum absolute atomic E-state index is 12.4. The molecule has 0 radical (unpaired) electrons. The normalized spacial score (nSPS) is 14.9. The molecule has 8 heteroatoms. The van der Waals surface area contributed by atoms with Gasteiger partial charge in [-0.15, -0.1) is 0 Å². The Hall–Kier alpha value is -2.16. The van der Waals surface area contributed by atoms with E-state index in [-0.39, 0.29) is 18.5 Å². The summed E-state index contributed by atoms with van der Waals surface area (Å²) in [5.74, 6) is -0.121. The van der Waals surface area contributed by atoms with Crippen molar-refractivity contribution in [2.45, 2.75) is 6.92 Å². The SMILES string of the molecule is CCNC(=O)c1ccc(NC(=O)N2CCN(CCOCCO)CC2)cc1. The van der Waals surface area contributed by atoms with Crippen LogP contribution in [0, 0.1) is 0 Å². The highest BCUT2D eigenvalue weighted by Gasteiger charge is 2.20. The van der Waals surface area contributed by atoms with Crippen LogP contribution in [0.1, 0.15) is 17.3 Å². The molecule has 1 saturated heterocycles. The minimum Gasteiger partial charge on any atom is -0.394 e. The van der Waals surface area contributed by atoms with E-state index in [2.05, 4.69) is 15.5 Å². The molecule has 0 unspecified atom stereocenters. The largest absolute Gasteiger partial charge is 0.394 e. The smallest absolute Gasteiger partial charge is 0.321 e. The standard InChI is InChI=1S/C18H28N4O4/c1-2-19-17(24)15-3-5-16(6-4-15)20-18(25)22-9-7-21(8-10-22)11-13-26-14-12-23/h3-6,23H,2,7-14H2,1H3,(H,19,24)(H,20,25). The van der Waals surface area contributed by atoms with Gasteiger partial charge in [-0.05, 0) is 31.2 Å². The zero-order chi connectivity index (χ0) is 18.8. The Labute approximate surface area is 154 Å². The highest BCUT2D eigenvalue weighted by molar-refractivity contribution is 5.95. The molecule has 3 amide bonds. The summed E-state index contributed by atoms with van der Waals surface area (Å²) in [5, 5.41) is 14.3. The van der Waals surface area contributed by atoms with Crippen molar-refractivity contribution in [2.75, 3.05) is 64.4 Å². The second kappa shape index (κ2) is 10.7. The molecule has 1 aromatic carbocycles. The number of hydrogen-bond acceptors (Lipinski definition) is 5. The molecule has 3 N–H and O–H groups in total. The van der Waals surface area contributed by atoms with E-state index in [4.69, 9.17) is 9.84 Å². The Kier molecular flexibility index (Phi) is 8.33. The van der Waals surface area contributed by atoms with Gasteiger partial charge in [0.05, 0.1) is 19.8 Å². The number of amides is 3. The van der Waals surface area contributed by atoms with Gasteiger partial charge in [-0.2, -0.15) is 0 Å². The van der Waals surface area contributed by atoms with Crippen molar-refractivity contribution in [3.63, 3.8) is 0 Å². The Morgan fingerprint density at radius 1 is 1.12 bits per heavy atom. The lowest BCUT2D eigenvalue weighted by atomic mass is 10.2. The number of urea groups is 1. The van der Waals surface area contributed by atoms with E-state index >= 15 is 0 Å². The average molecular weight is 364 g/mol. The number of anilines is 1. The fourth-order valence-electron chi connectivity index (χ4n) is 2.70. The maximum Gasteiger partial charge on any atom is 0.321 e. The molecule has 0 atom stereocenters. The van der Waals surface area contributed by atoms with Crippen molar-refractivity contribution in [1.82, 2.24) is 15.1 Å².